The van der Waals surface area contributed by atoms with Crippen molar-refractivity contribution in [2.75, 3.05) is 19.0 Å². The molecule has 0 fully saturated rings. The van der Waals surface area contributed by atoms with Gasteiger partial charge in [0, 0.05) is 18.8 Å². The van der Waals surface area contributed by atoms with Gasteiger partial charge in [0.05, 0.1) is 7.11 Å². The topological polar surface area (TPSA) is 68.5 Å². The summed E-state index contributed by atoms with van der Waals surface area (Å²) in [5.41, 5.74) is 1.11. The maximum absolute atomic E-state index is 11.6. The molecule has 2 heterocycles. The molecule has 0 radical (unpaired) electrons. The molecule has 0 aliphatic carbocycles. The van der Waals surface area contributed by atoms with Crippen LogP contribution in [0.25, 0.3) is 4.96 Å². The molecule has 0 saturated carbocycles. The van der Waals surface area contributed by atoms with Gasteiger partial charge in [0.25, 0.3) is 5.56 Å². The Morgan fingerprint density at radius 1 is 1.30 bits per heavy atom. The molecule has 3 rings (SSSR count). The molecule has 0 spiro atoms. The first kappa shape index (κ1) is 15.5. The molecule has 2 aromatic heterocycles. The van der Waals surface area contributed by atoms with E-state index < -0.39 is 0 Å². The average Bonchev–Trinajstić information content (AvgIpc) is 2.99. The highest BCUT2D eigenvalue weighted by Crippen LogP contribution is 2.22. The van der Waals surface area contributed by atoms with E-state index in [1.54, 1.807) is 7.11 Å². The molecular weight excluding hydrogens is 312 g/mol. The largest absolute Gasteiger partial charge is 0.497 e. The highest BCUT2D eigenvalue weighted by molar-refractivity contribution is 7.20. The van der Waals surface area contributed by atoms with Gasteiger partial charge in [0.1, 0.15) is 5.75 Å². The number of benzene rings is 1. The van der Waals surface area contributed by atoms with Gasteiger partial charge in [0.15, 0.2) is 0 Å². The molecule has 23 heavy (non-hydrogen) atoms. The second-order valence-electron chi connectivity index (χ2n) is 5.27. The van der Waals surface area contributed by atoms with E-state index in [-0.39, 0.29) is 5.56 Å². The van der Waals surface area contributed by atoms with Crippen molar-refractivity contribution in [2.24, 2.45) is 0 Å². The van der Waals surface area contributed by atoms with Crippen molar-refractivity contribution < 1.29 is 4.74 Å². The molecule has 1 aromatic carbocycles. The lowest BCUT2D eigenvalue weighted by molar-refractivity contribution is 0.414. The quantitative estimate of drug-likeness (QED) is 0.753. The van der Waals surface area contributed by atoms with E-state index in [2.05, 4.69) is 34.5 Å². The van der Waals surface area contributed by atoms with Crippen molar-refractivity contribution in [3.63, 3.8) is 0 Å². The summed E-state index contributed by atoms with van der Waals surface area (Å²) in [5, 5.41) is 8.22. The van der Waals surface area contributed by atoms with Crippen LogP contribution in [0.5, 0.6) is 5.75 Å². The van der Waals surface area contributed by atoms with Crippen molar-refractivity contribution in [2.45, 2.75) is 19.3 Å². The van der Waals surface area contributed by atoms with Gasteiger partial charge in [-0.05, 0) is 30.0 Å². The summed E-state index contributed by atoms with van der Waals surface area (Å²) < 4.78 is 6.49. The van der Waals surface area contributed by atoms with Gasteiger partial charge in [-0.3, -0.25) is 4.79 Å². The molecular formula is C16H18N4O2S. The Morgan fingerprint density at radius 3 is 2.78 bits per heavy atom. The van der Waals surface area contributed by atoms with Gasteiger partial charge in [-0.15, -0.1) is 5.10 Å². The highest BCUT2D eigenvalue weighted by Gasteiger charge is 2.08. The molecule has 1 atom stereocenters. The minimum atomic E-state index is -0.161. The van der Waals surface area contributed by atoms with E-state index in [1.807, 2.05) is 12.1 Å². The Hall–Kier alpha value is -2.41. The minimum absolute atomic E-state index is 0.161. The van der Waals surface area contributed by atoms with E-state index >= 15 is 0 Å². The van der Waals surface area contributed by atoms with Crippen molar-refractivity contribution >= 4 is 21.4 Å². The number of nitrogens with zero attached hydrogens (tertiary/aromatic N) is 3. The first-order valence-electron chi connectivity index (χ1n) is 7.40. The lowest BCUT2D eigenvalue weighted by Crippen LogP contribution is -2.13. The second kappa shape index (κ2) is 6.78. The number of aromatic nitrogens is 3. The Morgan fingerprint density at radius 2 is 2.09 bits per heavy atom. The smallest absolute Gasteiger partial charge is 0.275 e. The fraction of sp³-hybridized carbons (Fsp3) is 0.312. The summed E-state index contributed by atoms with van der Waals surface area (Å²) in [6.45, 7) is 2.97. The molecule has 0 saturated heterocycles. The fourth-order valence-corrected chi connectivity index (χ4v) is 3.11. The van der Waals surface area contributed by atoms with Gasteiger partial charge < -0.3 is 10.1 Å². The lowest BCUT2D eigenvalue weighted by Gasteiger charge is -2.12. The predicted molar refractivity (Wildman–Crippen MR) is 91.6 cm³/mol. The minimum Gasteiger partial charge on any atom is -0.497 e. The molecule has 0 amide bonds. The number of nitrogens with one attached hydrogen (secondary N) is 1. The first-order valence-corrected chi connectivity index (χ1v) is 8.22. The number of ether oxygens (including phenoxy) is 1. The summed E-state index contributed by atoms with van der Waals surface area (Å²) in [7, 11) is 1.67. The van der Waals surface area contributed by atoms with Gasteiger partial charge in [-0.2, -0.15) is 4.52 Å². The molecule has 1 unspecified atom stereocenters. The third-order valence-electron chi connectivity index (χ3n) is 3.71. The molecule has 6 nitrogen and oxygen atoms in total. The molecule has 3 aromatic rings. The molecule has 1 N–H and O–H groups in total. The van der Waals surface area contributed by atoms with Crippen LogP contribution in [0.2, 0.25) is 0 Å². The second-order valence-corrected chi connectivity index (χ2v) is 6.23. The zero-order valence-electron chi connectivity index (χ0n) is 13.0. The zero-order chi connectivity index (χ0) is 16.2. The average molecular weight is 330 g/mol. The molecule has 0 aliphatic heterocycles. The number of rotatable bonds is 6. The Balaban J connectivity index is 1.59. The van der Waals surface area contributed by atoms with Crippen LogP contribution in [0.4, 0.5) is 5.13 Å². The summed E-state index contributed by atoms with van der Waals surface area (Å²) in [6.07, 6.45) is 2.47. The Bertz CT molecular complexity index is 841. The normalized spacial score (nSPS) is 12.3. The monoisotopic (exact) mass is 330 g/mol. The van der Waals surface area contributed by atoms with E-state index in [0.29, 0.717) is 16.0 Å². The number of methoxy groups -OCH3 is 1. The Kier molecular flexibility index (Phi) is 4.57. The molecule has 0 aliphatic rings. The highest BCUT2D eigenvalue weighted by atomic mass is 32.1. The van der Waals surface area contributed by atoms with Crippen LogP contribution < -0.4 is 15.6 Å². The number of anilines is 1. The van der Waals surface area contributed by atoms with E-state index in [0.717, 1.165) is 18.7 Å². The fourth-order valence-electron chi connectivity index (χ4n) is 2.31. The van der Waals surface area contributed by atoms with Crippen LogP contribution in [0.3, 0.4) is 0 Å². The summed E-state index contributed by atoms with van der Waals surface area (Å²) >= 11 is 1.38. The van der Waals surface area contributed by atoms with Gasteiger partial charge in [-0.1, -0.05) is 30.4 Å². The van der Waals surface area contributed by atoms with Gasteiger partial charge in [0.2, 0.25) is 10.1 Å². The third kappa shape index (κ3) is 3.50. The summed E-state index contributed by atoms with van der Waals surface area (Å²) in [4.78, 5) is 16.4. The standard InChI is InChI=1S/C16H18N4O2S/c1-11(12-3-5-13(22-2)6-4-12)7-9-17-15-19-20-14(21)8-10-18-16(20)23-15/h3-6,8,10-11H,7,9H2,1-2H3,(H,17,19). The van der Waals surface area contributed by atoms with Crippen LogP contribution in [0, 0.1) is 0 Å². The zero-order valence-corrected chi connectivity index (χ0v) is 13.8. The van der Waals surface area contributed by atoms with Crippen molar-refractivity contribution in [3.05, 3.63) is 52.4 Å². The van der Waals surface area contributed by atoms with Crippen molar-refractivity contribution in [1.29, 1.82) is 0 Å². The van der Waals surface area contributed by atoms with Crippen LogP contribution in [-0.4, -0.2) is 28.3 Å². The maximum atomic E-state index is 11.6. The van der Waals surface area contributed by atoms with Crippen molar-refractivity contribution in [3.8, 4) is 5.75 Å². The van der Waals surface area contributed by atoms with Crippen LogP contribution in [0.1, 0.15) is 24.8 Å². The predicted octanol–water partition coefficient (Wildman–Crippen LogP) is 2.77. The van der Waals surface area contributed by atoms with Crippen LogP contribution in [0.15, 0.2) is 41.3 Å². The summed E-state index contributed by atoms with van der Waals surface area (Å²) in [6, 6.07) is 9.54. The lowest BCUT2D eigenvalue weighted by atomic mass is 9.98. The Labute approximate surface area is 137 Å². The summed E-state index contributed by atoms with van der Waals surface area (Å²) in [5.74, 6) is 1.29. The number of fused-ring (bicyclic) bond motifs is 1. The van der Waals surface area contributed by atoms with E-state index in [1.165, 1.54) is 33.7 Å². The van der Waals surface area contributed by atoms with Gasteiger partial charge in [-0.25, -0.2) is 4.98 Å². The number of hydrogen-bond donors (Lipinski definition) is 1. The molecule has 0 bridgehead atoms. The van der Waals surface area contributed by atoms with Crippen LogP contribution >= 0.6 is 11.3 Å². The maximum Gasteiger partial charge on any atom is 0.275 e. The van der Waals surface area contributed by atoms with E-state index in [4.69, 9.17) is 4.74 Å². The van der Waals surface area contributed by atoms with Gasteiger partial charge >= 0.3 is 0 Å². The SMILES string of the molecule is COc1ccc(C(C)CCNc2nn3c(=O)ccnc3s2)cc1. The first-order chi connectivity index (χ1) is 11.2. The van der Waals surface area contributed by atoms with Crippen molar-refractivity contribution in [1.82, 2.24) is 14.6 Å². The number of hydrogen-bond acceptors (Lipinski definition) is 6. The van der Waals surface area contributed by atoms with Crippen LogP contribution in [-0.2, 0) is 0 Å². The van der Waals surface area contributed by atoms with E-state index in [9.17, 15) is 4.79 Å². The molecule has 120 valence electrons. The third-order valence-corrected chi connectivity index (χ3v) is 4.59. The molecule has 7 heteroatoms.